The maximum absolute atomic E-state index is 13.0. The van der Waals surface area contributed by atoms with Gasteiger partial charge in [0.1, 0.15) is 13.2 Å². The van der Waals surface area contributed by atoms with Gasteiger partial charge in [-0.3, -0.25) is 14.4 Å². The molecule has 0 aromatic carbocycles. The molecule has 0 saturated heterocycles. The molecule has 6 nitrogen and oxygen atoms in total. The number of rotatable bonds is 68. The van der Waals surface area contributed by atoms with E-state index in [2.05, 4.69) is 57.2 Å². The van der Waals surface area contributed by atoms with Gasteiger partial charge in [-0.15, -0.1) is 0 Å². The number of carbonyl (C=O) groups excluding carboxylic acids is 3. The third-order valence-corrected chi connectivity index (χ3v) is 16.6. The molecule has 0 aromatic rings. The summed E-state index contributed by atoms with van der Waals surface area (Å²) in [5, 5.41) is 0. The van der Waals surface area contributed by atoms with Gasteiger partial charge in [0.15, 0.2) is 6.10 Å². The van der Waals surface area contributed by atoms with Gasteiger partial charge in [0.05, 0.1) is 0 Å². The lowest BCUT2D eigenvalue weighted by Gasteiger charge is -2.18. The normalized spacial score (nSPS) is 12.2. The number of carbonyl (C=O) groups is 3. The molecule has 1 unspecified atom stereocenters. The summed E-state index contributed by atoms with van der Waals surface area (Å²) in [6, 6.07) is 0. The number of esters is 3. The maximum Gasteiger partial charge on any atom is 0.306 e. The molecule has 0 radical (unpaired) electrons. The van der Waals surface area contributed by atoms with E-state index in [1.54, 1.807) is 0 Å². The smallest absolute Gasteiger partial charge is 0.306 e. The summed E-state index contributed by atoms with van der Waals surface area (Å²) < 4.78 is 17.0. The number of unbranched alkanes of at least 4 members (excludes halogenated alkanes) is 51. The summed E-state index contributed by atoms with van der Waals surface area (Å²) in [4.78, 5) is 38.4. The van der Waals surface area contributed by atoms with Crippen LogP contribution in [0.25, 0.3) is 0 Å². The second-order valence-electron chi connectivity index (χ2n) is 24.9. The van der Waals surface area contributed by atoms with Gasteiger partial charge in [0.2, 0.25) is 0 Å². The summed E-state index contributed by atoms with van der Waals surface area (Å²) in [6.07, 6.45) is 87.5. The second-order valence-corrected chi connectivity index (χ2v) is 24.9. The molecule has 0 spiro atoms. The van der Waals surface area contributed by atoms with Crippen LogP contribution in [0.3, 0.4) is 0 Å². The summed E-state index contributed by atoms with van der Waals surface area (Å²) in [6.45, 7) is 6.70. The topological polar surface area (TPSA) is 78.9 Å². The summed E-state index contributed by atoms with van der Waals surface area (Å²) in [7, 11) is 0. The maximum atomic E-state index is 13.0. The van der Waals surface area contributed by atoms with E-state index in [0.29, 0.717) is 19.3 Å². The zero-order valence-electron chi connectivity index (χ0n) is 54.8. The van der Waals surface area contributed by atoms with Crippen LogP contribution in [-0.2, 0) is 28.6 Å². The molecule has 0 aliphatic rings. The Morgan fingerprint density at radius 1 is 0.247 bits per heavy atom. The fourth-order valence-corrected chi connectivity index (χ4v) is 11.2. The van der Waals surface area contributed by atoms with Crippen molar-refractivity contribution in [2.24, 2.45) is 0 Å². The van der Waals surface area contributed by atoms with E-state index in [9.17, 15) is 14.4 Å². The zero-order valence-corrected chi connectivity index (χ0v) is 54.8. The van der Waals surface area contributed by atoms with Gasteiger partial charge in [0.25, 0.3) is 0 Å². The van der Waals surface area contributed by atoms with E-state index in [1.807, 2.05) is 0 Å². The highest BCUT2D eigenvalue weighted by atomic mass is 16.6. The Hall–Kier alpha value is -2.37. The first-order valence-electron chi connectivity index (χ1n) is 36.5. The van der Waals surface area contributed by atoms with Gasteiger partial charge < -0.3 is 14.2 Å². The average Bonchev–Trinajstić information content (AvgIpc) is 3.46. The molecule has 0 aromatic heterocycles. The molecular weight excluding hydrogens is 997 g/mol. The lowest BCUT2D eigenvalue weighted by atomic mass is 10.0. The molecule has 0 aliphatic carbocycles. The van der Waals surface area contributed by atoms with E-state index >= 15 is 0 Å². The zero-order chi connectivity index (χ0) is 58.5. The molecular formula is C75H140O6. The van der Waals surface area contributed by atoms with Crippen molar-refractivity contribution < 1.29 is 28.6 Å². The molecule has 476 valence electrons. The molecule has 6 heteroatoms. The Morgan fingerprint density at radius 2 is 0.444 bits per heavy atom. The Labute approximate surface area is 506 Å². The van der Waals surface area contributed by atoms with E-state index in [4.69, 9.17) is 14.2 Å². The second kappa shape index (κ2) is 70.1. The predicted octanol–water partition coefficient (Wildman–Crippen LogP) is 25.1. The largest absolute Gasteiger partial charge is 0.462 e. The van der Waals surface area contributed by atoms with Crippen LogP contribution in [0, 0.1) is 0 Å². The Bertz CT molecular complexity index is 1350. The third kappa shape index (κ3) is 68.3. The van der Waals surface area contributed by atoms with Crippen molar-refractivity contribution in [3.8, 4) is 0 Å². The van der Waals surface area contributed by atoms with Crippen molar-refractivity contribution in [3.63, 3.8) is 0 Å². The highest BCUT2D eigenvalue weighted by Crippen LogP contribution is 2.19. The van der Waals surface area contributed by atoms with Crippen LogP contribution in [0.5, 0.6) is 0 Å². The number of ether oxygens (including phenoxy) is 3. The van der Waals surface area contributed by atoms with E-state index in [-0.39, 0.29) is 31.1 Å². The summed E-state index contributed by atoms with van der Waals surface area (Å²) in [5.41, 5.74) is 0. The van der Waals surface area contributed by atoms with Crippen molar-refractivity contribution in [3.05, 3.63) is 36.5 Å². The predicted molar refractivity (Wildman–Crippen MR) is 353 cm³/mol. The molecule has 0 fully saturated rings. The first-order chi connectivity index (χ1) is 40.0. The molecule has 81 heavy (non-hydrogen) atoms. The monoisotopic (exact) mass is 1140 g/mol. The molecule has 0 heterocycles. The lowest BCUT2D eigenvalue weighted by Crippen LogP contribution is -2.30. The van der Waals surface area contributed by atoms with Gasteiger partial charge >= 0.3 is 17.9 Å². The first kappa shape index (κ1) is 78.6. The molecule has 0 saturated carbocycles. The number of hydrogen-bond acceptors (Lipinski definition) is 6. The molecule has 0 aliphatic heterocycles. The van der Waals surface area contributed by atoms with Gasteiger partial charge in [-0.1, -0.05) is 365 Å². The van der Waals surface area contributed by atoms with E-state index in [1.165, 1.54) is 289 Å². The average molecular weight is 1140 g/mol. The van der Waals surface area contributed by atoms with Gasteiger partial charge in [0, 0.05) is 19.3 Å². The highest BCUT2D eigenvalue weighted by Gasteiger charge is 2.19. The van der Waals surface area contributed by atoms with Crippen LogP contribution in [0.2, 0.25) is 0 Å². The minimum atomic E-state index is -0.774. The van der Waals surface area contributed by atoms with E-state index in [0.717, 1.165) is 77.0 Å². The van der Waals surface area contributed by atoms with Crippen LogP contribution in [-0.4, -0.2) is 37.2 Å². The Kier molecular flexibility index (Phi) is 68.1. The SMILES string of the molecule is CCCCCCC/C=C\C/C=C\C/C=C\CCCCCCCCCCC(=O)OC(COC(=O)CCCCCCCCCCCCCCC)COC(=O)CCCCCCCCCCCCCCCCCCCCCCCCCCCCC. The molecule has 0 amide bonds. The fraction of sp³-hybridized carbons (Fsp3) is 0.880. The standard InChI is InChI=1S/C75H140O6/c1-4-7-10-13-16-19-22-25-27-29-31-33-35-36-37-38-40-41-43-45-47-50-53-56-59-62-65-68-74(77)80-71-72(70-79-73(76)67-64-61-58-55-52-49-24-21-18-15-12-9-6-3)81-75(78)69-66-63-60-57-54-51-48-46-44-42-39-34-32-30-28-26-23-20-17-14-11-8-5-2/h23,26,30,32,39,42,72H,4-22,24-25,27-29,31,33-38,40-41,43-71H2,1-3H3/b26-23-,32-30-,42-39-. The van der Waals surface area contributed by atoms with Crippen LogP contribution in [0.15, 0.2) is 36.5 Å². The number of allylic oxidation sites excluding steroid dienone is 6. The Balaban J connectivity index is 4.22. The van der Waals surface area contributed by atoms with Crippen LogP contribution in [0.4, 0.5) is 0 Å². The van der Waals surface area contributed by atoms with Crippen LogP contribution in [0.1, 0.15) is 406 Å². The van der Waals surface area contributed by atoms with Gasteiger partial charge in [-0.05, 0) is 57.8 Å². The van der Waals surface area contributed by atoms with Gasteiger partial charge in [-0.2, -0.15) is 0 Å². The van der Waals surface area contributed by atoms with Crippen molar-refractivity contribution in [2.75, 3.05) is 13.2 Å². The summed E-state index contributed by atoms with van der Waals surface area (Å²) >= 11 is 0. The van der Waals surface area contributed by atoms with Crippen molar-refractivity contribution >= 4 is 17.9 Å². The van der Waals surface area contributed by atoms with E-state index < -0.39 is 6.10 Å². The van der Waals surface area contributed by atoms with Crippen LogP contribution >= 0.6 is 0 Å². The van der Waals surface area contributed by atoms with Gasteiger partial charge in [-0.25, -0.2) is 0 Å². The molecule has 0 rings (SSSR count). The quantitative estimate of drug-likeness (QED) is 0.0261. The molecule has 0 bridgehead atoms. The van der Waals surface area contributed by atoms with Crippen molar-refractivity contribution in [1.82, 2.24) is 0 Å². The van der Waals surface area contributed by atoms with Crippen molar-refractivity contribution in [2.45, 2.75) is 412 Å². The Morgan fingerprint density at radius 3 is 0.691 bits per heavy atom. The number of hydrogen-bond donors (Lipinski definition) is 0. The van der Waals surface area contributed by atoms with Crippen LogP contribution < -0.4 is 0 Å². The minimum Gasteiger partial charge on any atom is -0.462 e. The lowest BCUT2D eigenvalue weighted by molar-refractivity contribution is -0.167. The molecule has 0 N–H and O–H groups in total. The first-order valence-corrected chi connectivity index (χ1v) is 36.5. The minimum absolute atomic E-state index is 0.0693. The fourth-order valence-electron chi connectivity index (χ4n) is 11.2. The molecule has 1 atom stereocenters. The highest BCUT2D eigenvalue weighted by molar-refractivity contribution is 5.71. The van der Waals surface area contributed by atoms with Crippen molar-refractivity contribution in [1.29, 1.82) is 0 Å². The summed E-state index contributed by atoms with van der Waals surface area (Å²) in [5.74, 6) is -0.846. The third-order valence-electron chi connectivity index (χ3n) is 16.6.